The van der Waals surface area contributed by atoms with Crippen molar-refractivity contribution in [2.45, 2.75) is 61.2 Å². The van der Waals surface area contributed by atoms with Crippen LogP contribution in [-0.2, 0) is 22.0 Å². The molecule has 0 bridgehead atoms. The third kappa shape index (κ3) is 1.28. The molecule has 2 heteroatoms. The first kappa shape index (κ1) is 16.6. The van der Waals surface area contributed by atoms with Crippen molar-refractivity contribution in [2.24, 2.45) is 0 Å². The summed E-state index contributed by atoms with van der Waals surface area (Å²) in [5, 5.41) is 0.842. The summed E-state index contributed by atoms with van der Waals surface area (Å²) in [5.41, 5.74) is 8.92. The molecule has 2 saturated heterocycles. The lowest BCUT2D eigenvalue weighted by atomic mass is 9.70. The smallest absolute Gasteiger partial charge is 0.211 e. The maximum absolute atomic E-state index is 6.22. The van der Waals surface area contributed by atoms with Crippen molar-refractivity contribution in [3.63, 3.8) is 0 Å². The lowest BCUT2D eigenvalue weighted by Gasteiger charge is -2.33. The highest BCUT2D eigenvalue weighted by molar-refractivity contribution is 6.30. The molecular weight excluding hydrogens is 386 g/mol. The minimum absolute atomic E-state index is 0.0999. The zero-order chi connectivity index (χ0) is 20.1. The van der Waals surface area contributed by atoms with Crippen LogP contribution >= 0.6 is 11.6 Å². The Balaban J connectivity index is 1.35. The minimum Gasteiger partial charge on any atom is -0.270 e. The van der Waals surface area contributed by atoms with Gasteiger partial charge < -0.3 is 0 Å². The summed E-state index contributed by atoms with van der Waals surface area (Å²) in [4.78, 5) is 0. The molecule has 3 aromatic carbocycles. The zero-order valence-corrected chi connectivity index (χ0v) is 18.2. The summed E-state index contributed by atoms with van der Waals surface area (Å²) in [6.07, 6.45) is 3.90. The van der Waals surface area contributed by atoms with Crippen LogP contribution in [-0.4, -0.2) is 10.5 Å². The van der Waals surface area contributed by atoms with Crippen LogP contribution in [0.4, 0.5) is 0 Å². The van der Waals surface area contributed by atoms with Crippen LogP contribution in [0.3, 0.4) is 0 Å². The standard InChI is InChI=1S/C28H25ClN/c1-25-20-7-3-4-8-21(20)26(2)24-28(30(24,25)26,23-10-6-5-9-22(23)25)17-27(15-16-27)18-11-13-19(29)14-12-18/h3-14,24H,15-17H2,1-2H3/q+1/t24?,25?,26-,28+,30?/m0/s1. The van der Waals surface area contributed by atoms with E-state index in [1.807, 2.05) is 0 Å². The largest absolute Gasteiger partial charge is 0.270 e. The molecule has 4 heterocycles. The summed E-state index contributed by atoms with van der Waals surface area (Å²) in [6, 6.07) is 28.2. The van der Waals surface area contributed by atoms with E-state index in [4.69, 9.17) is 11.6 Å². The van der Waals surface area contributed by atoms with Gasteiger partial charge in [-0.2, -0.15) is 0 Å². The quantitative estimate of drug-likeness (QED) is 0.347. The number of nitrogens with zero attached hydrogens (tertiary/aromatic N) is 1. The van der Waals surface area contributed by atoms with E-state index in [1.165, 1.54) is 29.3 Å². The van der Waals surface area contributed by atoms with Crippen LogP contribution in [0.1, 0.15) is 60.9 Å². The second-order valence-electron chi connectivity index (χ2n) is 10.8. The van der Waals surface area contributed by atoms with Gasteiger partial charge in [-0.15, -0.1) is 0 Å². The summed E-state index contributed by atoms with van der Waals surface area (Å²) >= 11 is 6.22. The van der Waals surface area contributed by atoms with Crippen molar-refractivity contribution in [1.29, 1.82) is 0 Å². The van der Waals surface area contributed by atoms with Crippen molar-refractivity contribution in [3.05, 3.63) is 106 Å². The summed E-state index contributed by atoms with van der Waals surface area (Å²) in [7, 11) is 0. The van der Waals surface area contributed by atoms with Gasteiger partial charge in [0.2, 0.25) is 6.04 Å². The number of benzene rings is 3. The Labute approximate surface area is 182 Å². The van der Waals surface area contributed by atoms with E-state index in [-0.39, 0.29) is 11.1 Å². The molecule has 4 aliphatic heterocycles. The van der Waals surface area contributed by atoms with Crippen LogP contribution < -0.4 is 0 Å². The van der Waals surface area contributed by atoms with E-state index < -0.39 is 0 Å². The van der Waals surface area contributed by atoms with Crippen LogP contribution in [0.5, 0.6) is 0 Å². The summed E-state index contributed by atoms with van der Waals surface area (Å²) in [5.74, 6) is 0. The van der Waals surface area contributed by atoms with Gasteiger partial charge in [-0.05, 0) is 37.5 Å². The average Bonchev–Trinajstić information content (AvgIpc) is 3.71. The molecule has 0 amide bonds. The SMILES string of the molecule is CC12c3ccccc3[C@@]3(C)C4[C@@](CC5(c6ccc(Cl)cc6)CC5)(c5ccccc51)[N+]423. The Kier molecular flexibility index (Phi) is 2.44. The van der Waals surface area contributed by atoms with Crippen molar-refractivity contribution in [1.82, 2.24) is 0 Å². The lowest BCUT2D eigenvalue weighted by molar-refractivity contribution is -0.833. The normalized spacial score (nSPS) is 41.5. The van der Waals surface area contributed by atoms with Gasteiger partial charge in [-0.25, -0.2) is 0 Å². The topological polar surface area (TPSA) is 0 Å². The highest BCUT2D eigenvalue weighted by atomic mass is 35.5. The van der Waals surface area contributed by atoms with E-state index >= 15 is 0 Å². The predicted molar refractivity (Wildman–Crippen MR) is 119 cm³/mol. The molecule has 1 nitrogen and oxygen atoms in total. The van der Waals surface area contributed by atoms with E-state index in [1.54, 1.807) is 22.3 Å². The van der Waals surface area contributed by atoms with Gasteiger partial charge in [0.15, 0.2) is 16.6 Å². The molecule has 3 aromatic rings. The first-order chi connectivity index (χ1) is 14.5. The predicted octanol–water partition coefficient (Wildman–Crippen LogP) is 6.38. The maximum atomic E-state index is 6.22. The fraction of sp³-hybridized carbons (Fsp3) is 0.357. The second-order valence-corrected chi connectivity index (χ2v) is 11.3. The Morgan fingerprint density at radius 3 is 2.00 bits per heavy atom. The molecule has 1 aliphatic carbocycles. The van der Waals surface area contributed by atoms with Gasteiger partial charge in [0.1, 0.15) is 0 Å². The molecule has 0 radical (unpaired) electrons. The first-order valence-electron chi connectivity index (χ1n) is 11.3. The monoisotopic (exact) mass is 410 g/mol. The molecule has 3 fully saturated rings. The Hall–Kier alpha value is -2.09. The van der Waals surface area contributed by atoms with Gasteiger partial charge in [-0.1, -0.05) is 72.3 Å². The molecule has 148 valence electrons. The van der Waals surface area contributed by atoms with Crippen molar-refractivity contribution >= 4 is 11.6 Å². The van der Waals surface area contributed by atoms with E-state index in [0.29, 0.717) is 11.0 Å². The lowest BCUT2D eigenvalue weighted by Crippen LogP contribution is -2.45. The van der Waals surface area contributed by atoms with Gasteiger partial charge in [0.05, 0.1) is 0 Å². The number of rotatable bonds is 3. The van der Waals surface area contributed by atoms with Gasteiger partial charge >= 0.3 is 0 Å². The molecule has 3 unspecified atom stereocenters. The van der Waals surface area contributed by atoms with Crippen molar-refractivity contribution in [2.75, 3.05) is 0 Å². The number of halogens is 1. The minimum atomic E-state index is 0.0999. The third-order valence-corrected chi connectivity index (χ3v) is 10.4. The van der Waals surface area contributed by atoms with Crippen LogP contribution in [0.25, 0.3) is 0 Å². The fourth-order valence-corrected chi connectivity index (χ4v) is 9.27. The van der Waals surface area contributed by atoms with E-state index in [0.717, 1.165) is 11.1 Å². The number of hydrogen-bond acceptors (Lipinski definition) is 0. The molecule has 30 heavy (non-hydrogen) atoms. The average molecular weight is 411 g/mol. The number of fused-ring (bicyclic) bond motifs is 8. The molecular formula is C28H25ClN+. The molecule has 0 aromatic heterocycles. The summed E-state index contributed by atoms with van der Waals surface area (Å²) < 4.78 is 1.26. The molecule has 5 aliphatic rings. The Morgan fingerprint density at radius 1 is 0.800 bits per heavy atom. The van der Waals surface area contributed by atoms with Gasteiger partial charge in [0, 0.05) is 46.0 Å². The zero-order valence-electron chi connectivity index (χ0n) is 17.5. The molecule has 1 saturated carbocycles. The third-order valence-electron chi connectivity index (χ3n) is 10.1. The maximum Gasteiger partial charge on any atom is 0.211 e. The number of hydrogen-bond donors (Lipinski definition) is 0. The highest BCUT2D eigenvalue weighted by Crippen LogP contribution is 2.98. The van der Waals surface area contributed by atoms with Crippen molar-refractivity contribution in [3.8, 4) is 0 Å². The molecule has 5 atom stereocenters. The van der Waals surface area contributed by atoms with Gasteiger partial charge in [-0.3, -0.25) is 4.48 Å². The van der Waals surface area contributed by atoms with Crippen LogP contribution in [0.15, 0.2) is 72.8 Å². The molecule has 1 spiro atoms. The second kappa shape index (κ2) is 4.42. The number of quaternary nitrogens is 1. The van der Waals surface area contributed by atoms with E-state index in [2.05, 4.69) is 86.6 Å². The fourth-order valence-electron chi connectivity index (χ4n) is 9.14. The van der Waals surface area contributed by atoms with Crippen LogP contribution in [0.2, 0.25) is 5.02 Å². The van der Waals surface area contributed by atoms with Gasteiger partial charge in [0.25, 0.3) is 0 Å². The van der Waals surface area contributed by atoms with Crippen molar-refractivity contribution < 1.29 is 4.48 Å². The first-order valence-corrected chi connectivity index (χ1v) is 11.7. The Morgan fingerprint density at radius 2 is 1.37 bits per heavy atom. The molecule has 0 N–H and O–H groups in total. The molecule has 8 rings (SSSR count). The summed E-state index contributed by atoms with van der Waals surface area (Å²) in [6.45, 7) is 5.10. The highest BCUT2D eigenvalue weighted by Gasteiger charge is 3.15. The Bertz CT molecular complexity index is 1290. The van der Waals surface area contributed by atoms with Crippen LogP contribution in [0, 0.1) is 0 Å². The van der Waals surface area contributed by atoms with E-state index in [9.17, 15) is 0 Å².